The highest BCUT2D eigenvalue weighted by Gasteiger charge is 2.33. The summed E-state index contributed by atoms with van der Waals surface area (Å²) >= 11 is 0. The maximum atomic E-state index is 13.0. The molecule has 0 bridgehead atoms. The zero-order valence-corrected chi connectivity index (χ0v) is 22.3. The predicted octanol–water partition coefficient (Wildman–Crippen LogP) is 3.05. The molecule has 4 aromatic rings. The average Bonchev–Trinajstić information content (AvgIpc) is 3.52. The van der Waals surface area contributed by atoms with E-state index >= 15 is 0 Å². The van der Waals surface area contributed by atoms with Gasteiger partial charge in [0.25, 0.3) is 5.91 Å². The molecule has 11 nitrogen and oxygen atoms in total. The van der Waals surface area contributed by atoms with E-state index in [1.807, 2.05) is 68.1 Å². The van der Waals surface area contributed by atoms with Crippen molar-refractivity contribution in [3.05, 3.63) is 54.4 Å². The predicted molar refractivity (Wildman–Crippen MR) is 145 cm³/mol. The Bertz CT molecular complexity index is 1490. The van der Waals surface area contributed by atoms with E-state index in [2.05, 4.69) is 25.2 Å². The Kier molecular flexibility index (Phi) is 6.41. The van der Waals surface area contributed by atoms with Crippen LogP contribution in [-0.4, -0.2) is 80.8 Å². The maximum absolute atomic E-state index is 13.0. The molecule has 0 aliphatic carbocycles. The SMILES string of the molecule is CCOc1ccc(-n2nnc3c(N4CCN(C(=O)COc5cccc6c5OC(C)(C)C6)CC4)ncnc32)cc1. The van der Waals surface area contributed by atoms with Gasteiger partial charge >= 0.3 is 0 Å². The quantitative estimate of drug-likeness (QED) is 0.357. The van der Waals surface area contributed by atoms with Gasteiger partial charge in [0, 0.05) is 38.2 Å². The van der Waals surface area contributed by atoms with Crippen molar-refractivity contribution < 1.29 is 19.0 Å². The fourth-order valence-electron chi connectivity index (χ4n) is 5.09. The lowest BCUT2D eigenvalue weighted by Gasteiger charge is -2.35. The minimum Gasteiger partial charge on any atom is -0.494 e. The number of hydrogen-bond acceptors (Lipinski definition) is 9. The fraction of sp³-hybridized carbons (Fsp3) is 0.393. The van der Waals surface area contributed by atoms with Gasteiger partial charge < -0.3 is 24.0 Å². The lowest BCUT2D eigenvalue weighted by Crippen LogP contribution is -2.50. The minimum absolute atomic E-state index is 0.0333. The lowest BCUT2D eigenvalue weighted by atomic mass is 10.0. The van der Waals surface area contributed by atoms with Gasteiger partial charge in [-0.25, -0.2) is 9.97 Å². The summed E-state index contributed by atoms with van der Waals surface area (Å²) in [6.45, 7) is 8.96. The van der Waals surface area contributed by atoms with E-state index < -0.39 is 0 Å². The maximum Gasteiger partial charge on any atom is 0.260 e. The number of ether oxygens (including phenoxy) is 3. The molecule has 2 aromatic carbocycles. The van der Waals surface area contributed by atoms with Gasteiger partial charge in [0.2, 0.25) is 0 Å². The van der Waals surface area contributed by atoms with Crippen molar-refractivity contribution in [2.24, 2.45) is 0 Å². The van der Waals surface area contributed by atoms with Crippen LogP contribution < -0.4 is 19.1 Å². The summed E-state index contributed by atoms with van der Waals surface area (Å²) in [6, 6.07) is 13.5. The highest BCUT2D eigenvalue weighted by molar-refractivity contribution is 5.84. The van der Waals surface area contributed by atoms with Crippen LogP contribution in [0.25, 0.3) is 16.9 Å². The molecule has 0 radical (unpaired) electrons. The van der Waals surface area contributed by atoms with Crippen molar-refractivity contribution in [1.82, 2.24) is 29.9 Å². The second-order valence-corrected chi connectivity index (χ2v) is 10.2. The van der Waals surface area contributed by atoms with E-state index in [1.54, 1.807) is 4.68 Å². The van der Waals surface area contributed by atoms with Crippen LogP contribution in [0.4, 0.5) is 5.82 Å². The first-order valence-corrected chi connectivity index (χ1v) is 13.2. The molecule has 6 rings (SSSR count). The van der Waals surface area contributed by atoms with Crippen LogP contribution in [0.2, 0.25) is 0 Å². The summed E-state index contributed by atoms with van der Waals surface area (Å²) in [5, 5.41) is 8.72. The standard InChI is InChI=1S/C28H31N7O4/c1-4-37-21-10-8-20(9-11-21)35-27-24(31-32-35)26(29-18-30-27)34-14-12-33(13-15-34)23(36)17-38-22-7-5-6-19-16-28(2,3)39-25(19)22/h5-11,18H,4,12-17H2,1-3H3. The largest absolute Gasteiger partial charge is 0.494 e. The number of para-hydroxylation sites is 1. The van der Waals surface area contributed by atoms with Gasteiger partial charge in [0.1, 0.15) is 17.7 Å². The number of amides is 1. The summed E-state index contributed by atoms with van der Waals surface area (Å²) < 4.78 is 19.2. The molecule has 2 aromatic heterocycles. The molecule has 2 aliphatic heterocycles. The molecule has 39 heavy (non-hydrogen) atoms. The van der Waals surface area contributed by atoms with Crippen LogP contribution in [0.1, 0.15) is 26.3 Å². The van der Waals surface area contributed by atoms with Crippen LogP contribution in [0.3, 0.4) is 0 Å². The van der Waals surface area contributed by atoms with Gasteiger partial charge in [-0.1, -0.05) is 17.3 Å². The Morgan fingerprint density at radius 3 is 2.59 bits per heavy atom. The van der Waals surface area contributed by atoms with E-state index in [4.69, 9.17) is 14.2 Å². The zero-order chi connectivity index (χ0) is 27.0. The number of benzene rings is 2. The topological polar surface area (TPSA) is 108 Å². The highest BCUT2D eigenvalue weighted by Crippen LogP contribution is 2.41. The van der Waals surface area contributed by atoms with Crippen molar-refractivity contribution >= 4 is 22.9 Å². The number of rotatable bonds is 7. The molecule has 2 aliphatic rings. The monoisotopic (exact) mass is 529 g/mol. The molecule has 1 saturated heterocycles. The first-order valence-electron chi connectivity index (χ1n) is 13.2. The Balaban J connectivity index is 1.10. The van der Waals surface area contributed by atoms with Gasteiger partial charge in [-0.3, -0.25) is 4.79 Å². The molecular formula is C28H31N7O4. The average molecular weight is 530 g/mol. The van der Waals surface area contributed by atoms with Crippen molar-refractivity contribution in [3.8, 4) is 22.9 Å². The summed E-state index contributed by atoms with van der Waals surface area (Å²) in [7, 11) is 0. The molecular weight excluding hydrogens is 498 g/mol. The van der Waals surface area contributed by atoms with Crippen molar-refractivity contribution in [1.29, 1.82) is 0 Å². The third kappa shape index (κ3) is 4.91. The minimum atomic E-state index is -0.270. The number of fused-ring (bicyclic) bond motifs is 2. The molecule has 0 saturated carbocycles. The first-order chi connectivity index (χ1) is 18.9. The molecule has 0 N–H and O–H groups in total. The van der Waals surface area contributed by atoms with Crippen LogP contribution in [0.5, 0.6) is 17.2 Å². The fourth-order valence-corrected chi connectivity index (χ4v) is 5.09. The molecule has 1 fully saturated rings. The normalized spacial score (nSPS) is 16.2. The number of anilines is 1. The van der Waals surface area contributed by atoms with Gasteiger partial charge in [-0.05, 0) is 51.1 Å². The number of carbonyl (C=O) groups excluding carboxylic acids is 1. The molecule has 0 unspecified atom stereocenters. The third-order valence-electron chi connectivity index (χ3n) is 6.95. The van der Waals surface area contributed by atoms with Crippen molar-refractivity contribution in [2.75, 3.05) is 44.3 Å². The molecule has 11 heteroatoms. The number of carbonyl (C=O) groups is 1. The smallest absolute Gasteiger partial charge is 0.260 e. The molecule has 0 spiro atoms. The van der Waals surface area contributed by atoms with Crippen molar-refractivity contribution in [2.45, 2.75) is 32.8 Å². The number of hydrogen-bond donors (Lipinski definition) is 0. The Morgan fingerprint density at radius 1 is 1.03 bits per heavy atom. The van der Waals surface area contributed by atoms with Crippen LogP contribution in [-0.2, 0) is 11.2 Å². The van der Waals surface area contributed by atoms with E-state index in [0.29, 0.717) is 55.5 Å². The van der Waals surface area contributed by atoms with Crippen molar-refractivity contribution in [3.63, 3.8) is 0 Å². The Hall–Kier alpha value is -4.41. The number of aromatic nitrogens is 5. The van der Waals surface area contributed by atoms with Crippen LogP contribution in [0.15, 0.2) is 48.8 Å². The highest BCUT2D eigenvalue weighted by atomic mass is 16.5. The van der Waals surface area contributed by atoms with Gasteiger partial charge in [-0.2, -0.15) is 4.68 Å². The molecule has 0 atom stereocenters. The van der Waals surface area contributed by atoms with Gasteiger partial charge in [-0.15, -0.1) is 5.10 Å². The number of piperazine rings is 1. The summed E-state index contributed by atoms with van der Waals surface area (Å²) in [4.78, 5) is 25.8. The van der Waals surface area contributed by atoms with Crippen LogP contribution >= 0.6 is 0 Å². The second kappa shape index (κ2) is 10.0. The third-order valence-corrected chi connectivity index (χ3v) is 6.95. The Labute approximate surface area is 226 Å². The summed E-state index contributed by atoms with van der Waals surface area (Å²) in [6.07, 6.45) is 2.35. The first kappa shape index (κ1) is 24.9. The molecule has 1 amide bonds. The Morgan fingerprint density at radius 2 is 1.82 bits per heavy atom. The van der Waals surface area contributed by atoms with E-state index in [9.17, 15) is 4.79 Å². The molecule has 4 heterocycles. The van der Waals surface area contributed by atoms with E-state index in [-0.39, 0.29) is 18.1 Å². The van der Waals surface area contributed by atoms with E-state index in [0.717, 1.165) is 29.2 Å². The lowest BCUT2D eigenvalue weighted by molar-refractivity contribution is -0.133. The molecule has 202 valence electrons. The summed E-state index contributed by atoms with van der Waals surface area (Å²) in [5.74, 6) is 2.80. The van der Waals surface area contributed by atoms with Gasteiger partial charge in [0.05, 0.1) is 12.3 Å². The number of nitrogens with zero attached hydrogens (tertiary/aromatic N) is 7. The zero-order valence-electron chi connectivity index (χ0n) is 22.3. The second-order valence-electron chi connectivity index (χ2n) is 10.2. The van der Waals surface area contributed by atoms with E-state index in [1.165, 1.54) is 6.33 Å². The van der Waals surface area contributed by atoms with Crippen LogP contribution in [0, 0.1) is 0 Å². The van der Waals surface area contributed by atoms with Gasteiger partial charge in [0.15, 0.2) is 35.1 Å². The summed E-state index contributed by atoms with van der Waals surface area (Å²) in [5.41, 5.74) is 2.91.